The van der Waals surface area contributed by atoms with Gasteiger partial charge in [-0.25, -0.2) is 0 Å². The predicted molar refractivity (Wildman–Crippen MR) is 101 cm³/mol. The molecule has 2 aromatic rings. The van der Waals surface area contributed by atoms with Crippen molar-refractivity contribution in [3.8, 4) is 17.6 Å². The van der Waals surface area contributed by atoms with Crippen LogP contribution in [0.25, 0.3) is 6.08 Å². The summed E-state index contributed by atoms with van der Waals surface area (Å²) in [4.78, 5) is 20.9. The van der Waals surface area contributed by atoms with Crippen molar-refractivity contribution in [2.24, 2.45) is 5.73 Å². The molecule has 0 aromatic heterocycles. The molecule has 0 aliphatic carbocycles. The average molecular weight is 417 g/mol. The van der Waals surface area contributed by atoms with Gasteiger partial charge in [-0.2, -0.15) is 13.7 Å². The highest BCUT2D eigenvalue weighted by Crippen LogP contribution is 2.32. The Bertz CT molecular complexity index is 1120. The Hall–Kier alpha value is -3.91. The summed E-state index contributed by atoms with van der Waals surface area (Å²) in [5.74, 6) is -1.00. The SMILES string of the molecule is CCOc1cc(/C=C(\C#N)C(N)=O)ccc1OS(=O)(=O)c1ccc([N+](=O)[O-])cc1. The number of primary amides is 1. The first-order valence-electron chi connectivity index (χ1n) is 8.05. The van der Waals surface area contributed by atoms with E-state index < -0.39 is 20.9 Å². The molecular formula is C18H15N3O7S. The molecular weight excluding hydrogens is 402 g/mol. The van der Waals surface area contributed by atoms with Crippen molar-refractivity contribution in [2.45, 2.75) is 11.8 Å². The minimum absolute atomic E-state index is 0.0495. The van der Waals surface area contributed by atoms with Crippen LogP contribution in [-0.4, -0.2) is 25.9 Å². The van der Waals surface area contributed by atoms with E-state index in [0.29, 0.717) is 5.56 Å². The number of ether oxygens (including phenoxy) is 1. The molecule has 0 saturated carbocycles. The normalized spacial score (nSPS) is 11.4. The number of rotatable bonds is 8. The lowest BCUT2D eigenvalue weighted by molar-refractivity contribution is -0.384. The lowest BCUT2D eigenvalue weighted by atomic mass is 10.1. The van der Waals surface area contributed by atoms with Crippen LogP contribution in [0.2, 0.25) is 0 Å². The summed E-state index contributed by atoms with van der Waals surface area (Å²) in [5, 5.41) is 19.6. The van der Waals surface area contributed by atoms with Crippen LogP contribution < -0.4 is 14.7 Å². The Morgan fingerprint density at radius 2 is 1.90 bits per heavy atom. The summed E-state index contributed by atoms with van der Waals surface area (Å²) in [6, 6.07) is 9.92. The number of non-ortho nitro benzene ring substituents is 1. The lowest BCUT2D eigenvalue weighted by Gasteiger charge is -2.12. The largest absolute Gasteiger partial charge is 0.490 e. The van der Waals surface area contributed by atoms with Crippen LogP contribution in [0.5, 0.6) is 11.5 Å². The summed E-state index contributed by atoms with van der Waals surface area (Å²) in [6.07, 6.45) is 1.22. The molecule has 2 N–H and O–H groups in total. The molecule has 2 rings (SSSR count). The second-order valence-corrected chi connectivity index (χ2v) is 7.01. The summed E-state index contributed by atoms with van der Waals surface area (Å²) in [6.45, 7) is 1.85. The van der Waals surface area contributed by atoms with E-state index in [1.54, 1.807) is 13.0 Å². The van der Waals surface area contributed by atoms with Crippen molar-refractivity contribution in [2.75, 3.05) is 6.61 Å². The molecule has 0 unspecified atom stereocenters. The van der Waals surface area contributed by atoms with E-state index in [1.807, 2.05) is 0 Å². The van der Waals surface area contributed by atoms with Crippen molar-refractivity contribution in [3.05, 3.63) is 63.7 Å². The third-order valence-corrected chi connectivity index (χ3v) is 4.75. The Labute approximate surface area is 166 Å². The molecule has 0 fully saturated rings. The maximum absolute atomic E-state index is 12.5. The fraction of sp³-hybridized carbons (Fsp3) is 0.111. The van der Waals surface area contributed by atoms with Crippen molar-refractivity contribution >= 4 is 27.8 Å². The van der Waals surface area contributed by atoms with Crippen molar-refractivity contribution in [1.29, 1.82) is 5.26 Å². The number of carbonyl (C=O) groups is 1. The average Bonchev–Trinajstić information content (AvgIpc) is 2.67. The van der Waals surface area contributed by atoms with Crippen LogP contribution in [0, 0.1) is 21.4 Å². The number of carbonyl (C=O) groups excluding carboxylic acids is 1. The van der Waals surface area contributed by atoms with E-state index in [0.717, 1.165) is 24.3 Å². The van der Waals surface area contributed by atoms with Gasteiger partial charge in [0.25, 0.3) is 11.6 Å². The van der Waals surface area contributed by atoms with Crippen LogP contribution in [0.15, 0.2) is 52.9 Å². The van der Waals surface area contributed by atoms with Gasteiger partial charge in [-0.1, -0.05) is 6.07 Å². The van der Waals surface area contributed by atoms with E-state index in [9.17, 15) is 23.3 Å². The topological polar surface area (TPSA) is 163 Å². The molecule has 10 nitrogen and oxygen atoms in total. The number of nitro benzene ring substituents is 1. The van der Waals surface area contributed by atoms with Gasteiger partial charge in [0, 0.05) is 12.1 Å². The van der Waals surface area contributed by atoms with Crippen molar-refractivity contribution in [1.82, 2.24) is 0 Å². The second kappa shape index (κ2) is 8.85. The molecule has 150 valence electrons. The van der Waals surface area contributed by atoms with E-state index in [2.05, 4.69) is 0 Å². The standard InChI is InChI=1S/C18H15N3O7S/c1-2-27-17-10-12(9-13(11-19)18(20)22)3-8-16(17)28-29(25,26)15-6-4-14(5-7-15)21(23)24/h3-10H,2H2,1H3,(H2,20,22)/b13-9+. The van der Waals surface area contributed by atoms with Gasteiger partial charge in [-0.15, -0.1) is 0 Å². The van der Waals surface area contributed by atoms with E-state index >= 15 is 0 Å². The smallest absolute Gasteiger partial charge is 0.339 e. The Balaban J connectivity index is 2.39. The molecule has 0 radical (unpaired) electrons. The minimum Gasteiger partial charge on any atom is -0.490 e. The summed E-state index contributed by atoms with van der Waals surface area (Å²) < 4.78 is 35.4. The van der Waals surface area contributed by atoms with Gasteiger partial charge in [-0.05, 0) is 42.8 Å². The third-order valence-electron chi connectivity index (χ3n) is 3.50. The van der Waals surface area contributed by atoms with Gasteiger partial charge in [0.15, 0.2) is 11.5 Å². The highest BCUT2D eigenvalue weighted by molar-refractivity contribution is 7.87. The van der Waals surface area contributed by atoms with Crippen LogP contribution >= 0.6 is 0 Å². The summed E-state index contributed by atoms with van der Waals surface area (Å²) in [7, 11) is -4.30. The number of nitrogens with two attached hydrogens (primary N) is 1. The molecule has 0 heterocycles. The van der Waals surface area contributed by atoms with Gasteiger partial charge in [0.1, 0.15) is 16.5 Å². The zero-order valence-corrected chi connectivity index (χ0v) is 15.9. The number of nitro groups is 1. The Kier molecular flexibility index (Phi) is 6.53. The highest BCUT2D eigenvalue weighted by atomic mass is 32.2. The van der Waals surface area contributed by atoms with E-state index in [4.69, 9.17) is 19.9 Å². The van der Waals surface area contributed by atoms with Gasteiger partial charge < -0.3 is 14.7 Å². The zero-order valence-electron chi connectivity index (χ0n) is 15.1. The molecule has 0 aliphatic rings. The number of nitrogens with zero attached hydrogens (tertiary/aromatic N) is 2. The molecule has 11 heteroatoms. The molecule has 0 aliphatic heterocycles. The van der Waals surface area contributed by atoms with Gasteiger partial charge in [0.05, 0.1) is 11.5 Å². The fourth-order valence-corrected chi connectivity index (χ4v) is 3.12. The van der Waals surface area contributed by atoms with Gasteiger partial charge in [0.2, 0.25) is 0 Å². The molecule has 29 heavy (non-hydrogen) atoms. The Morgan fingerprint density at radius 1 is 1.24 bits per heavy atom. The third kappa shape index (κ3) is 5.30. The van der Waals surface area contributed by atoms with Crippen molar-refractivity contribution in [3.63, 3.8) is 0 Å². The lowest BCUT2D eigenvalue weighted by Crippen LogP contribution is -2.12. The van der Waals surface area contributed by atoms with E-state index in [1.165, 1.54) is 24.3 Å². The first kappa shape index (κ1) is 21.4. The Morgan fingerprint density at radius 3 is 2.41 bits per heavy atom. The molecule has 0 spiro atoms. The van der Waals surface area contributed by atoms with Crippen molar-refractivity contribution < 1.29 is 27.1 Å². The molecule has 0 atom stereocenters. The van der Waals surface area contributed by atoms with Crippen LogP contribution in [0.4, 0.5) is 5.69 Å². The maximum Gasteiger partial charge on any atom is 0.339 e. The number of amides is 1. The van der Waals surface area contributed by atoms with Crippen LogP contribution in [0.3, 0.4) is 0 Å². The molecule has 0 bridgehead atoms. The number of hydrogen-bond donors (Lipinski definition) is 1. The zero-order chi connectivity index (χ0) is 21.6. The number of benzene rings is 2. The maximum atomic E-state index is 12.5. The number of hydrogen-bond acceptors (Lipinski definition) is 8. The monoisotopic (exact) mass is 417 g/mol. The van der Waals surface area contributed by atoms with E-state index in [-0.39, 0.29) is 34.3 Å². The van der Waals surface area contributed by atoms with Crippen LogP contribution in [0.1, 0.15) is 12.5 Å². The fourth-order valence-electron chi connectivity index (χ4n) is 2.18. The molecule has 0 saturated heterocycles. The highest BCUT2D eigenvalue weighted by Gasteiger charge is 2.21. The first-order valence-corrected chi connectivity index (χ1v) is 9.46. The summed E-state index contributed by atoms with van der Waals surface area (Å²) in [5.41, 5.74) is 4.90. The summed E-state index contributed by atoms with van der Waals surface area (Å²) >= 11 is 0. The quantitative estimate of drug-likeness (QED) is 0.224. The van der Waals surface area contributed by atoms with Gasteiger partial charge in [-0.3, -0.25) is 14.9 Å². The minimum atomic E-state index is -4.30. The van der Waals surface area contributed by atoms with Crippen LogP contribution in [-0.2, 0) is 14.9 Å². The number of nitriles is 1. The molecule has 2 aromatic carbocycles. The second-order valence-electron chi connectivity index (χ2n) is 5.46. The first-order chi connectivity index (χ1) is 13.7. The predicted octanol–water partition coefficient (Wildman–Crippen LogP) is 2.15. The van der Waals surface area contributed by atoms with Gasteiger partial charge >= 0.3 is 10.1 Å². The molecule has 1 amide bonds.